The van der Waals surface area contributed by atoms with Crippen LogP contribution in [0.15, 0.2) is 0 Å². The first kappa shape index (κ1) is 18.8. The SMILES string of the molecule is CCCC[P+](CCCC)(CCCC)C(F)(F)C(=O)[O-]. The number of alkyl halides is 2. The Hall–Kier alpha value is -0.240. The second-order valence-corrected chi connectivity index (χ2v) is 9.40. The molecule has 0 atom stereocenters. The number of hydrogen-bond acceptors (Lipinski definition) is 2. The topological polar surface area (TPSA) is 40.1 Å². The molecule has 0 aliphatic carbocycles. The van der Waals surface area contributed by atoms with Crippen molar-refractivity contribution in [2.75, 3.05) is 18.5 Å². The number of unbranched alkanes of at least 4 members (excludes halogenated alkanes) is 3. The van der Waals surface area contributed by atoms with Gasteiger partial charge in [-0.05, 0) is 19.3 Å². The summed E-state index contributed by atoms with van der Waals surface area (Å²) in [6.07, 6.45) is 5.66. The molecule has 0 rings (SSSR count). The van der Waals surface area contributed by atoms with Gasteiger partial charge in [-0.15, -0.1) is 0 Å². The molecule has 0 aromatic heterocycles. The van der Waals surface area contributed by atoms with Gasteiger partial charge >= 0.3 is 5.66 Å². The van der Waals surface area contributed by atoms with Crippen molar-refractivity contribution in [3.05, 3.63) is 0 Å². The van der Waals surface area contributed by atoms with Crippen LogP contribution in [-0.2, 0) is 4.79 Å². The Kier molecular flexibility index (Phi) is 8.73. The normalized spacial score (nSPS) is 12.7. The van der Waals surface area contributed by atoms with Crippen molar-refractivity contribution < 1.29 is 18.7 Å². The van der Waals surface area contributed by atoms with Crippen molar-refractivity contribution in [3.63, 3.8) is 0 Å². The van der Waals surface area contributed by atoms with E-state index in [0.29, 0.717) is 37.7 Å². The summed E-state index contributed by atoms with van der Waals surface area (Å²) in [4.78, 5) is 10.9. The van der Waals surface area contributed by atoms with E-state index < -0.39 is 18.9 Å². The van der Waals surface area contributed by atoms with Crippen LogP contribution in [0.5, 0.6) is 0 Å². The highest BCUT2D eigenvalue weighted by Crippen LogP contribution is 2.71. The van der Waals surface area contributed by atoms with Crippen molar-refractivity contribution in [2.24, 2.45) is 0 Å². The third kappa shape index (κ3) is 4.98. The molecule has 0 aromatic carbocycles. The van der Waals surface area contributed by atoms with Gasteiger partial charge in [0.15, 0.2) is 5.97 Å². The molecule has 0 bridgehead atoms. The Bertz CT molecular complexity index is 248. The fraction of sp³-hybridized carbons (Fsp3) is 0.929. The van der Waals surface area contributed by atoms with E-state index in [4.69, 9.17) is 0 Å². The molecule has 0 radical (unpaired) electrons. The van der Waals surface area contributed by atoms with E-state index in [-0.39, 0.29) is 0 Å². The maximum Gasteiger partial charge on any atom is 0.393 e. The van der Waals surface area contributed by atoms with Crippen LogP contribution in [0.1, 0.15) is 59.3 Å². The number of carboxylic acids is 1. The predicted octanol–water partition coefficient (Wildman–Crippen LogP) is 3.75. The minimum atomic E-state index is -3.62. The molecule has 0 aliphatic heterocycles. The van der Waals surface area contributed by atoms with Crippen molar-refractivity contribution in [2.45, 2.75) is 65.0 Å². The zero-order chi connectivity index (χ0) is 14.9. The molecule has 0 saturated heterocycles. The monoisotopic (exact) mass is 296 g/mol. The minimum Gasteiger partial charge on any atom is -0.541 e. The lowest BCUT2D eigenvalue weighted by Gasteiger charge is -2.34. The van der Waals surface area contributed by atoms with E-state index in [9.17, 15) is 18.7 Å². The molecule has 0 aromatic rings. The molecule has 2 nitrogen and oxygen atoms in total. The molecule has 19 heavy (non-hydrogen) atoms. The zero-order valence-electron chi connectivity index (χ0n) is 12.4. The first-order chi connectivity index (χ1) is 8.88. The molecular formula is C14H27F2O2P. The second kappa shape index (κ2) is 8.84. The molecule has 114 valence electrons. The molecule has 0 fully saturated rings. The van der Waals surface area contributed by atoms with E-state index in [2.05, 4.69) is 0 Å². The first-order valence-corrected chi connectivity index (χ1v) is 9.67. The molecule has 0 spiro atoms. The van der Waals surface area contributed by atoms with E-state index in [1.807, 2.05) is 20.8 Å². The van der Waals surface area contributed by atoms with Gasteiger partial charge in [0.05, 0.1) is 25.7 Å². The van der Waals surface area contributed by atoms with E-state index in [1.165, 1.54) is 0 Å². The third-order valence-corrected chi connectivity index (χ3v) is 8.55. The van der Waals surface area contributed by atoms with Crippen molar-refractivity contribution in [3.8, 4) is 0 Å². The Balaban J connectivity index is 5.24. The number of rotatable bonds is 11. The number of carbonyl (C=O) groups excluding carboxylic acids is 1. The van der Waals surface area contributed by atoms with Crippen molar-refractivity contribution in [1.82, 2.24) is 0 Å². The van der Waals surface area contributed by atoms with Gasteiger partial charge in [-0.25, -0.2) is 0 Å². The number of carboxylic acid groups (broad SMARTS) is 1. The lowest BCUT2D eigenvalue weighted by Crippen LogP contribution is -2.45. The molecule has 0 aliphatic rings. The highest BCUT2D eigenvalue weighted by Gasteiger charge is 2.60. The molecule has 0 N–H and O–H groups in total. The summed E-state index contributed by atoms with van der Waals surface area (Å²) in [6, 6.07) is 0. The van der Waals surface area contributed by atoms with Gasteiger partial charge in [-0.2, -0.15) is 8.78 Å². The van der Waals surface area contributed by atoms with Gasteiger partial charge in [0.1, 0.15) is 0 Å². The Morgan fingerprint density at radius 2 is 1.26 bits per heavy atom. The van der Waals surface area contributed by atoms with Crippen LogP contribution < -0.4 is 5.11 Å². The Morgan fingerprint density at radius 1 is 0.947 bits per heavy atom. The van der Waals surface area contributed by atoms with E-state index in [1.54, 1.807) is 0 Å². The van der Waals surface area contributed by atoms with Crippen LogP contribution in [-0.4, -0.2) is 30.1 Å². The van der Waals surface area contributed by atoms with Gasteiger partial charge in [-0.3, -0.25) is 0 Å². The van der Waals surface area contributed by atoms with E-state index in [0.717, 1.165) is 19.3 Å². The summed E-state index contributed by atoms with van der Waals surface area (Å²) in [6.45, 7) is 5.85. The zero-order valence-corrected chi connectivity index (χ0v) is 13.3. The van der Waals surface area contributed by atoms with Crippen molar-refractivity contribution >= 4 is 13.2 Å². The lowest BCUT2D eigenvalue weighted by molar-refractivity contribution is -0.321. The summed E-state index contributed by atoms with van der Waals surface area (Å²) in [5, 5.41) is 10.9. The standard InChI is InChI=1S/C14H27F2O2P/c1-4-7-10-19(11-8-5-2,12-9-6-3)14(15,16)13(17)18/h4-12H2,1-3H3. The summed E-state index contributed by atoms with van der Waals surface area (Å²) in [7, 11) is -2.80. The molecule has 0 unspecified atom stereocenters. The van der Waals surface area contributed by atoms with Crippen LogP contribution in [0.2, 0.25) is 0 Å². The minimum absolute atomic E-state index is 0.379. The smallest absolute Gasteiger partial charge is 0.393 e. The van der Waals surface area contributed by atoms with Gasteiger partial charge in [-0.1, -0.05) is 40.0 Å². The van der Waals surface area contributed by atoms with Crippen LogP contribution in [0.4, 0.5) is 8.78 Å². The van der Waals surface area contributed by atoms with Crippen molar-refractivity contribution in [1.29, 1.82) is 0 Å². The second-order valence-electron chi connectivity index (χ2n) is 5.21. The summed E-state index contributed by atoms with van der Waals surface area (Å²) < 4.78 is 28.4. The van der Waals surface area contributed by atoms with Gasteiger partial charge in [0, 0.05) is 0 Å². The molecule has 0 heterocycles. The predicted molar refractivity (Wildman–Crippen MR) is 76.2 cm³/mol. The maximum absolute atomic E-state index is 14.2. The number of halogens is 2. The average Bonchev–Trinajstić information content (AvgIpc) is 2.37. The highest BCUT2D eigenvalue weighted by molar-refractivity contribution is 7.77. The fourth-order valence-electron chi connectivity index (χ4n) is 2.33. The van der Waals surface area contributed by atoms with Crippen LogP contribution in [0, 0.1) is 0 Å². The van der Waals surface area contributed by atoms with Gasteiger partial charge in [0.2, 0.25) is 0 Å². The maximum atomic E-state index is 14.2. The summed E-state index contributed by atoms with van der Waals surface area (Å²) in [5.74, 6) is -2.16. The quantitative estimate of drug-likeness (QED) is 0.545. The van der Waals surface area contributed by atoms with Gasteiger partial charge in [0.25, 0.3) is 0 Å². The van der Waals surface area contributed by atoms with Crippen LogP contribution >= 0.6 is 7.26 Å². The number of carbonyl (C=O) groups is 1. The molecular weight excluding hydrogens is 269 g/mol. The first-order valence-electron chi connectivity index (χ1n) is 7.33. The lowest BCUT2D eigenvalue weighted by atomic mass is 10.4. The molecule has 0 amide bonds. The summed E-state index contributed by atoms with van der Waals surface area (Å²) in [5.41, 5.74) is -3.62. The number of aliphatic carboxylic acids is 1. The average molecular weight is 296 g/mol. The van der Waals surface area contributed by atoms with E-state index >= 15 is 0 Å². The third-order valence-electron chi connectivity index (χ3n) is 3.66. The fourth-order valence-corrected chi connectivity index (χ4v) is 7.00. The highest BCUT2D eigenvalue weighted by atomic mass is 31.2. The largest absolute Gasteiger partial charge is 0.541 e. The molecule has 0 saturated carbocycles. The Morgan fingerprint density at radius 3 is 1.47 bits per heavy atom. The Labute approximate surface area is 116 Å². The van der Waals surface area contributed by atoms with Crippen LogP contribution in [0.25, 0.3) is 0 Å². The number of hydrogen-bond donors (Lipinski definition) is 0. The van der Waals surface area contributed by atoms with Crippen LogP contribution in [0.3, 0.4) is 0 Å². The van der Waals surface area contributed by atoms with Gasteiger partial charge < -0.3 is 9.90 Å². The molecule has 5 heteroatoms. The summed E-state index contributed by atoms with van der Waals surface area (Å²) >= 11 is 0.